The quantitative estimate of drug-likeness (QED) is 0.225. The van der Waals surface area contributed by atoms with Gasteiger partial charge in [-0.05, 0) is 74.9 Å². The van der Waals surface area contributed by atoms with Crippen LogP contribution in [-0.4, -0.2) is 26.3 Å². The van der Waals surface area contributed by atoms with E-state index in [0.29, 0.717) is 0 Å². The second-order valence-corrected chi connectivity index (χ2v) is 7.46. The molecule has 3 heteroatoms. The second-order valence-electron chi connectivity index (χ2n) is 7.46. The van der Waals surface area contributed by atoms with Crippen molar-refractivity contribution < 1.29 is 9.47 Å². The first kappa shape index (κ1) is 23.1. The minimum Gasteiger partial charge on any atom is -0.494 e. The number of nitrogens with zero attached hydrogens (tertiary/aromatic N) is 1. The van der Waals surface area contributed by atoms with Gasteiger partial charge in [-0.15, -0.1) is 6.58 Å². The molecule has 29 heavy (non-hydrogen) atoms. The highest BCUT2D eigenvalue weighted by atomic mass is 16.5. The van der Waals surface area contributed by atoms with E-state index in [4.69, 9.17) is 9.47 Å². The Morgan fingerprint density at radius 2 is 1.76 bits per heavy atom. The molecule has 0 aliphatic heterocycles. The van der Waals surface area contributed by atoms with Crippen LogP contribution in [0.5, 0.6) is 5.75 Å². The summed E-state index contributed by atoms with van der Waals surface area (Å²) in [6.45, 7) is 9.77. The molecule has 1 aromatic carbocycles. The molecule has 1 aliphatic rings. The first-order valence-corrected chi connectivity index (χ1v) is 11.2. The summed E-state index contributed by atoms with van der Waals surface area (Å²) >= 11 is 0. The Kier molecular flexibility index (Phi) is 11.8. The van der Waals surface area contributed by atoms with Gasteiger partial charge in [-0.1, -0.05) is 38.3 Å². The standard InChI is InChI=1S/C26H38NO2/c1-3-5-20-27(24-16-18-26(19-17-24)28-22-6-4-2)21-12-7-8-13-23-29-25-14-10-9-11-15-25/h3,9-10,14-19H,1,4-8,11-13,20-23H2,2H3. The topological polar surface area (TPSA) is 21.7 Å². The number of hydrogen-bond donors (Lipinski definition) is 0. The van der Waals surface area contributed by atoms with E-state index < -0.39 is 0 Å². The van der Waals surface area contributed by atoms with E-state index >= 15 is 0 Å². The van der Waals surface area contributed by atoms with Gasteiger partial charge in [-0.2, -0.15) is 0 Å². The first-order chi connectivity index (χ1) is 14.3. The fourth-order valence-electron chi connectivity index (χ4n) is 3.25. The molecule has 1 radical (unpaired) electrons. The van der Waals surface area contributed by atoms with Crippen molar-refractivity contribution >= 4 is 5.69 Å². The number of rotatable bonds is 16. The Morgan fingerprint density at radius 3 is 2.48 bits per heavy atom. The molecule has 1 aliphatic carbocycles. The lowest BCUT2D eigenvalue weighted by molar-refractivity contribution is 0.215. The summed E-state index contributed by atoms with van der Waals surface area (Å²) in [4.78, 5) is 2.46. The van der Waals surface area contributed by atoms with Gasteiger partial charge in [-0.25, -0.2) is 0 Å². The molecule has 0 fully saturated rings. The number of hydrogen-bond acceptors (Lipinski definition) is 3. The van der Waals surface area contributed by atoms with Gasteiger partial charge >= 0.3 is 0 Å². The van der Waals surface area contributed by atoms with Crippen molar-refractivity contribution in [3.05, 3.63) is 67.3 Å². The van der Waals surface area contributed by atoms with Crippen molar-refractivity contribution in [2.75, 3.05) is 31.2 Å². The van der Waals surface area contributed by atoms with Gasteiger partial charge in [0.25, 0.3) is 0 Å². The largest absolute Gasteiger partial charge is 0.494 e. The van der Waals surface area contributed by atoms with Crippen LogP contribution in [0.4, 0.5) is 5.69 Å². The smallest absolute Gasteiger partial charge is 0.119 e. The van der Waals surface area contributed by atoms with Crippen molar-refractivity contribution in [1.29, 1.82) is 0 Å². The van der Waals surface area contributed by atoms with Crippen LogP contribution >= 0.6 is 0 Å². The molecule has 0 atom stereocenters. The van der Waals surface area contributed by atoms with Gasteiger partial charge in [0, 0.05) is 18.8 Å². The van der Waals surface area contributed by atoms with Gasteiger partial charge < -0.3 is 14.4 Å². The summed E-state index contributed by atoms with van der Waals surface area (Å²) in [5, 5.41) is 0. The maximum Gasteiger partial charge on any atom is 0.119 e. The Balaban J connectivity index is 1.67. The van der Waals surface area contributed by atoms with Crippen LogP contribution in [0.15, 0.2) is 60.9 Å². The molecule has 0 amide bonds. The third kappa shape index (κ3) is 9.74. The molecule has 0 bridgehead atoms. The Labute approximate surface area is 178 Å². The average Bonchev–Trinajstić information content (AvgIpc) is 2.76. The number of allylic oxidation sites excluding steroid dienone is 3. The first-order valence-electron chi connectivity index (χ1n) is 11.2. The van der Waals surface area contributed by atoms with Gasteiger partial charge in [0.05, 0.1) is 13.2 Å². The molecule has 0 aromatic heterocycles. The van der Waals surface area contributed by atoms with Crippen LogP contribution in [0, 0.1) is 6.42 Å². The van der Waals surface area contributed by atoms with Gasteiger partial charge in [0.15, 0.2) is 0 Å². The van der Waals surface area contributed by atoms with Crippen molar-refractivity contribution in [2.24, 2.45) is 0 Å². The van der Waals surface area contributed by atoms with Gasteiger partial charge in [-0.3, -0.25) is 0 Å². The number of anilines is 1. The summed E-state index contributed by atoms with van der Waals surface area (Å²) in [6, 6.07) is 8.55. The predicted molar refractivity (Wildman–Crippen MR) is 124 cm³/mol. The van der Waals surface area contributed by atoms with E-state index in [1.807, 2.05) is 12.2 Å². The lowest BCUT2D eigenvalue weighted by atomic mass is 10.1. The van der Waals surface area contributed by atoms with Gasteiger partial charge in [0.2, 0.25) is 0 Å². The summed E-state index contributed by atoms with van der Waals surface area (Å²) in [5.41, 5.74) is 1.27. The molecule has 2 rings (SSSR count). The summed E-state index contributed by atoms with van der Waals surface area (Å²) in [7, 11) is 0. The van der Waals surface area contributed by atoms with Crippen molar-refractivity contribution in [1.82, 2.24) is 0 Å². The normalized spacial score (nSPS) is 13.1. The molecular weight excluding hydrogens is 358 g/mol. The monoisotopic (exact) mass is 396 g/mol. The fraction of sp³-hybridized carbons (Fsp3) is 0.500. The lowest BCUT2D eigenvalue weighted by Crippen LogP contribution is -2.25. The molecule has 0 unspecified atom stereocenters. The molecule has 0 spiro atoms. The van der Waals surface area contributed by atoms with E-state index in [2.05, 4.69) is 61.2 Å². The number of benzene rings is 1. The summed E-state index contributed by atoms with van der Waals surface area (Å²) < 4.78 is 11.6. The Morgan fingerprint density at radius 1 is 0.966 bits per heavy atom. The van der Waals surface area contributed by atoms with Crippen LogP contribution in [-0.2, 0) is 4.74 Å². The number of ether oxygens (including phenoxy) is 2. The maximum absolute atomic E-state index is 5.80. The van der Waals surface area contributed by atoms with E-state index in [9.17, 15) is 0 Å². The highest BCUT2D eigenvalue weighted by Crippen LogP contribution is 2.21. The van der Waals surface area contributed by atoms with Gasteiger partial charge in [0.1, 0.15) is 11.5 Å². The highest BCUT2D eigenvalue weighted by molar-refractivity contribution is 5.49. The SMILES string of the molecule is C=CCCN(CCCCCCOC1=CC[CH]C=C1)c1ccc(OCCCC)cc1. The zero-order chi connectivity index (χ0) is 20.6. The van der Waals surface area contributed by atoms with Crippen LogP contribution in [0.3, 0.4) is 0 Å². The number of unbranched alkanes of at least 4 members (excludes halogenated alkanes) is 4. The average molecular weight is 397 g/mol. The molecule has 159 valence electrons. The minimum atomic E-state index is 0.797. The minimum absolute atomic E-state index is 0.797. The summed E-state index contributed by atoms with van der Waals surface area (Å²) in [6.07, 6.45) is 19.4. The molecular formula is C26H38NO2. The molecule has 3 nitrogen and oxygen atoms in total. The predicted octanol–water partition coefficient (Wildman–Crippen LogP) is 6.87. The van der Waals surface area contributed by atoms with Crippen molar-refractivity contribution in [3.8, 4) is 5.75 Å². The third-order valence-corrected chi connectivity index (χ3v) is 5.01. The zero-order valence-electron chi connectivity index (χ0n) is 18.2. The zero-order valence-corrected chi connectivity index (χ0v) is 18.2. The molecule has 0 saturated carbocycles. The van der Waals surface area contributed by atoms with Crippen molar-refractivity contribution in [2.45, 2.75) is 58.3 Å². The van der Waals surface area contributed by atoms with E-state index in [0.717, 1.165) is 69.9 Å². The van der Waals surface area contributed by atoms with Crippen LogP contribution in [0.2, 0.25) is 0 Å². The van der Waals surface area contributed by atoms with E-state index in [1.165, 1.54) is 24.9 Å². The lowest BCUT2D eigenvalue weighted by Gasteiger charge is -2.24. The van der Waals surface area contributed by atoms with Crippen LogP contribution in [0.1, 0.15) is 58.3 Å². The van der Waals surface area contributed by atoms with E-state index in [-0.39, 0.29) is 0 Å². The van der Waals surface area contributed by atoms with Crippen molar-refractivity contribution in [3.63, 3.8) is 0 Å². The van der Waals surface area contributed by atoms with Crippen LogP contribution in [0.25, 0.3) is 0 Å². The Bertz CT molecular complexity index is 618. The molecule has 1 aromatic rings. The maximum atomic E-state index is 5.80. The fourth-order valence-corrected chi connectivity index (χ4v) is 3.25. The highest BCUT2D eigenvalue weighted by Gasteiger charge is 2.06. The van der Waals surface area contributed by atoms with E-state index in [1.54, 1.807) is 0 Å². The summed E-state index contributed by atoms with van der Waals surface area (Å²) in [5.74, 6) is 1.98. The molecule has 0 N–H and O–H groups in total. The van der Waals surface area contributed by atoms with Crippen LogP contribution < -0.4 is 9.64 Å². The molecule has 0 saturated heterocycles. The third-order valence-electron chi connectivity index (χ3n) is 5.01. The Hall–Kier alpha value is -2.16. The molecule has 0 heterocycles. The second kappa shape index (κ2) is 14.8.